The molecule has 1 amide bonds. The minimum atomic E-state index is 0.0972. The summed E-state index contributed by atoms with van der Waals surface area (Å²) in [6, 6.07) is 9.46. The molecule has 6 nitrogen and oxygen atoms in total. The van der Waals surface area contributed by atoms with Gasteiger partial charge < -0.3 is 9.64 Å². The van der Waals surface area contributed by atoms with Crippen LogP contribution in [-0.2, 0) is 11.3 Å². The first kappa shape index (κ1) is 18.1. The third kappa shape index (κ3) is 3.87. The largest absolute Gasteiger partial charge is 0.375 e. The molecule has 2 aliphatic rings. The number of aromatic nitrogens is 2. The molecule has 0 bridgehead atoms. The first-order chi connectivity index (χ1) is 13.2. The van der Waals surface area contributed by atoms with Gasteiger partial charge in [0.25, 0.3) is 5.91 Å². The Labute approximate surface area is 160 Å². The average molecular weight is 366 g/mol. The van der Waals surface area contributed by atoms with E-state index in [-0.39, 0.29) is 11.4 Å². The van der Waals surface area contributed by atoms with Crippen molar-refractivity contribution in [3.05, 3.63) is 60.2 Å². The van der Waals surface area contributed by atoms with E-state index in [2.05, 4.69) is 21.9 Å². The van der Waals surface area contributed by atoms with Crippen LogP contribution in [0.2, 0.25) is 0 Å². The van der Waals surface area contributed by atoms with E-state index in [1.165, 1.54) is 0 Å². The highest BCUT2D eigenvalue weighted by Gasteiger charge is 2.50. The number of nitrogens with zero attached hydrogens (tertiary/aromatic N) is 4. The van der Waals surface area contributed by atoms with Crippen molar-refractivity contribution in [1.82, 2.24) is 19.8 Å². The van der Waals surface area contributed by atoms with Crippen LogP contribution in [0.25, 0.3) is 0 Å². The van der Waals surface area contributed by atoms with Crippen molar-refractivity contribution in [2.24, 2.45) is 5.92 Å². The summed E-state index contributed by atoms with van der Waals surface area (Å²) in [5, 5.41) is 0. The predicted molar refractivity (Wildman–Crippen MR) is 102 cm³/mol. The summed E-state index contributed by atoms with van der Waals surface area (Å²) < 4.78 is 5.93. The third-order valence-corrected chi connectivity index (χ3v) is 5.87. The number of carbonyl (C=O) groups excluding carboxylic acids is 1. The van der Waals surface area contributed by atoms with E-state index in [4.69, 9.17) is 4.74 Å². The smallest absolute Gasteiger partial charge is 0.254 e. The average Bonchev–Trinajstić information content (AvgIpc) is 2.68. The minimum absolute atomic E-state index is 0.0972. The van der Waals surface area contributed by atoms with Crippen LogP contribution in [0.15, 0.2) is 48.9 Å². The van der Waals surface area contributed by atoms with Crippen molar-refractivity contribution in [3.8, 4) is 0 Å². The molecule has 0 radical (unpaired) electrons. The number of pyridine rings is 2. The molecule has 4 rings (SSSR count). The van der Waals surface area contributed by atoms with E-state index in [9.17, 15) is 4.79 Å². The molecule has 0 aromatic carbocycles. The SMILES string of the molecule is CN1CC[C@H](COCc2ccccn2)CC12CN(C(=O)c1ccncc1)C2. The summed E-state index contributed by atoms with van der Waals surface area (Å²) in [4.78, 5) is 25.3. The van der Waals surface area contributed by atoms with E-state index in [1.807, 2.05) is 23.1 Å². The van der Waals surface area contributed by atoms with Crippen molar-refractivity contribution in [3.63, 3.8) is 0 Å². The van der Waals surface area contributed by atoms with Gasteiger partial charge in [0.2, 0.25) is 0 Å². The molecule has 0 N–H and O–H groups in total. The maximum Gasteiger partial charge on any atom is 0.254 e. The number of carbonyl (C=O) groups is 1. The van der Waals surface area contributed by atoms with E-state index >= 15 is 0 Å². The van der Waals surface area contributed by atoms with Crippen LogP contribution in [-0.4, -0.2) is 64.5 Å². The van der Waals surface area contributed by atoms with Gasteiger partial charge in [0.1, 0.15) is 0 Å². The van der Waals surface area contributed by atoms with Crippen LogP contribution < -0.4 is 0 Å². The molecule has 2 aromatic heterocycles. The van der Waals surface area contributed by atoms with Gasteiger partial charge >= 0.3 is 0 Å². The summed E-state index contributed by atoms with van der Waals surface area (Å²) in [5.41, 5.74) is 1.78. The van der Waals surface area contributed by atoms with Crippen LogP contribution in [0.5, 0.6) is 0 Å². The highest BCUT2D eigenvalue weighted by atomic mass is 16.5. The monoisotopic (exact) mass is 366 g/mol. The Morgan fingerprint density at radius 1 is 1.22 bits per heavy atom. The number of likely N-dealkylation sites (N-methyl/N-ethyl adjacent to an activating group) is 1. The van der Waals surface area contributed by atoms with Gasteiger partial charge in [-0.1, -0.05) is 6.07 Å². The highest BCUT2D eigenvalue weighted by Crippen LogP contribution is 2.38. The van der Waals surface area contributed by atoms with E-state index in [0.29, 0.717) is 18.1 Å². The van der Waals surface area contributed by atoms with Crippen molar-refractivity contribution in [1.29, 1.82) is 0 Å². The zero-order valence-corrected chi connectivity index (χ0v) is 15.8. The number of hydrogen-bond acceptors (Lipinski definition) is 5. The summed E-state index contributed by atoms with van der Waals surface area (Å²) in [7, 11) is 2.18. The summed E-state index contributed by atoms with van der Waals surface area (Å²) in [6.07, 6.45) is 7.35. The topological polar surface area (TPSA) is 58.6 Å². The lowest BCUT2D eigenvalue weighted by Gasteiger charge is -2.58. The van der Waals surface area contributed by atoms with Crippen LogP contribution in [0.1, 0.15) is 28.9 Å². The molecule has 2 saturated heterocycles. The standard InChI is InChI=1S/C21H26N4O2/c1-24-11-7-17(13-27-14-19-4-2-3-8-23-19)12-21(24)15-25(16-21)20(26)18-5-9-22-10-6-18/h2-6,8-10,17H,7,11-16H2,1H3/t17-/m0/s1. The lowest BCUT2D eigenvalue weighted by atomic mass is 9.75. The Morgan fingerprint density at radius 3 is 2.78 bits per heavy atom. The molecule has 4 heterocycles. The number of piperidine rings is 1. The second-order valence-electron chi connectivity index (χ2n) is 7.74. The van der Waals surface area contributed by atoms with E-state index in [0.717, 1.165) is 44.8 Å². The number of ether oxygens (including phenoxy) is 1. The van der Waals surface area contributed by atoms with Crippen LogP contribution in [0, 0.1) is 5.92 Å². The fourth-order valence-corrected chi connectivity index (χ4v) is 4.22. The van der Waals surface area contributed by atoms with E-state index in [1.54, 1.807) is 30.7 Å². The zero-order valence-electron chi connectivity index (χ0n) is 15.8. The Bertz CT molecular complexity index is 762. The summed E-state index contributed by atoms with van der Waals surface area (Å²) in [5.74, 6) is 0.632. The van der Waals surface area contributed by atoms with Crippen LogP contribution >= 0.6 is 0 Å². The molecule has 6 heteroatoms. The first-order valence-corrected chi connectivity index (χ1v) is 9.54. The molecule has 27 heavy (non-hydrogen) atoms. The number of likely N-dealkylation sites (tertiary alicyclic amines) is 2. The Hall–Kier alpha value is -2.31. The Morgan fingerprint density at radius 2 is 2.04 bits per heavy atom. The normalized spacial score (nSPS) is 21.8. The van der Waals surface area contributed by atoms with Gasteiger partial charge in [0.05, 0.1) is 24.4 Å². The fraction of sp³-hybridized carbons (Fsp3) is 0.476. The van der Waals surface area contributed by atoms with Gasteiger partial charge in [-0.15, -0.1) is 0 Å². The second-order valence-corrected chi connectivity index (χ2v) is 7.74. The number of hydrogen-bond donors (Lipinski definition) is 0. The molecule has 142 valence electrons. The number of amides is 1. The van der Waals surface area contributed by atoms with Crippen molar-refractivity contribution in [2.75, 3.05) is 33.3 Å². The van der Waals surface area contributed by atoms with Crippen molar-refractivity contribution in [2.45, 2.75) is 25.0 Å². The van der Waals surface area contributed by atoms with Gasteiger partial charge in [0, 0.05) is 37.2 Å². The molecular formula is C21H26N4O2. The predicted octanol–water partition coefficient (Wildman–Crippen LogP) is 2.23. The van der Waals surface area contributed by atoms with Gasteiger partial charge in [-0.2, -0.15) is 0 Å². The molecule has 2 aliphatic heterocycles. The Kier molecular flexibility index (Phi) is 5.18. The molecule has 0 saturated carbocycles. The van der Waals surface area contributed by atoms with Crippen LogP contribution in [0.3, 0.4) is 0 Å². The van der Waals surface area contributed by atoms with Gasteiger partial charge in [-0.3, -0.25) is 19.7 Å². The molecule has 2 fully saturated rings. The van der Waals surface area contributed by atoms with Gasteiger partial charge in [-0.25, -0.2) is 0 Å². The fourth-order valence-electron chi connectivity index (χ4n) is 4.22. The second kappa shape index (κ2) is 7.74. The quantitative estimate of drug-likeness (QED) is 0.812. The number of rotatable bonds is 5. The lowest BCUT2D eigenvalue weighted by Crippen LogP contribution is -2.72. The lowest BCUT2D eigenvalue weighted by molar-refractivity contribution is -0.0769. The molecule has 0 aliphatic carbocycles. The van der Waals surface area contributed by atoms with E-state index < -0.39 is 0 Å². The summed E-state index contributed by atoms with van der Waals surface area (Å²) >= 11 is 0. The highest BCUT2D eigenvalue weighted by molar-refractivity contribution is 5.94. The zero-order chi connectivity index (χ0) is 18.7. The first-order valence-electron chi connectivity index (χ1n) is 9.54. The Balaban J connectivity index is 1.30. The van der Waals surface area contributed by atoms with Crippen molar-refractivity contribution >= 4 is 5.91 Å². The minimum Gasteiger partial charge on any atom is -0.375 e. The third-order valence-electron chi connectivity index (χ3n) is 5.87. The van der Waals surface area contributed by atoms with Crippen molar-refractivity contribution < 1.29 is 9.53 Å². The van der Waals surface area contributed by atoms with Gasteiger partial charge in [-0.05, 0) is 56.6 Å². The molecule has 1 atom stereocenters. The molecular weight excluding hydrogens is 340 g/mol. The molecule has 1 spiro atoms. The maximum absolute atomic E-state index is 12.6. The molecule has 0 unspecified atom stereocenters. The molecule has 2 aromatic rings. The maximum atomic E-state index is 12.6. The summed E-state index contributed by atoms with van der Waals surface area (Å²) in [6.45, 7) is 3.95. The van der Waals surface area contributed by atoms with Gasteiger partial charge in [0.15, 0.2) is 0 Å². The van der Waals surface area contributed by atoms with Crippen LogP contribution in [0.4, 0.5) is 0 Å².